The van der Waals surface area contributed by atoms with E-state index in [0.717, 1.165) is 5.56 Å². The number of rotatable bonds is 7. The van der Waals surface area contributed by atoms with E-state index in [4.69, 9.17) is 4.74 Å². The van der Waals surface area contributed by atoms with Crippen LogP contribution in [0, 0.1) is 5.82 Å². The number of nitrogens with zero attached hydrogens (tertiary/aromatic N) is 2. The summed E-state index contributed by atoms with van der Waals surface area (Å²) < 4.78 is 30.8. The van der Waals surface area contributed by atoms with E-state index in [0.29, 0.717) is 36.2 Å². The molecule has 0 unspecified atom stereocenters. The summed E-state index contributed by atoms with van der Waals surface area (Å²) in [5.41, 5.74) is 1.36. The van der Waals surface area contributed by atoms with Gasteiger partial charge < -0.3 is 19.4 Å². The SMILES string of the molecule is C[C@@H]1CN(Cc2ccc(F)cc2)CCN1C(=O)COc1ccc(Br)cc1CP(=O)(O)O. The minimum Gasteiger partial charge on any atom is -0.483 e. The van der Waals surface area contributed by atoms with Gasteiger partial charge in [0.1, 0.15) is 11.6 Å². The topological polar surface area (TPSA) is 90.3 Å². The molecule has 1 heterocycles. The average molecular weight is 515 g/mol. The largest absolute Gasteiger partial charge is 0.483 e. The lowest BCUT2D eigenvalue weighted by Gasteiger charge is -2.39. The molecule has 0 bridgehead atoms. The van der Waals surface area contributed by atoms with Crippen LogP contribution in [0.1, 0.15) is 18.1 Å². The molecule has 10 heteroatoms. The molecule has 0 spiro atoms. The number of piperazine rings is 1. The Hall–Kier alpha value is -1.77. The summed E-state index contributed by atoms with van der Waals surface area (Å²) in [5, 5.41) is 0. The number of halogens is 2. The summed E-state index contributed by atoms with van der Waals surface area (Å²) >= 11 is 3.28. The zero-order valence-corrected chi connectivity index (χ0v) is 19.6. The maximum Gasteiger partial charge on any atom is 0.330 e. The van der Waals surface area contributed by atoms with Gasteiger partial charge in [-0.05, 0) is 42.8 Å². The van der Waals surface area contributed by atoms with Gasteiger partial charge in [-0.2, -0.15) is 0 Å². The lowest BCUT2D eigenvalue weighted by Crippen LogP contribution is -2.54. The quantitative estimate of drug-likeness (QED) is 0.550. The van der Waals surface area contributed by atoms with Crippen molar-refractivity contribution in [3.8, 4) is 5.75 Å². The first kappa shape index (κ1) is 23.9. The van der Waals surface area contributed by atoms with E-state index in [1.54, 1.807) is 35.2 Å². The Balaban J connectivity index is 1.56. The smallest absolute Gasteiger partial charge is 0.330 e. The summed E-state index contributed by atoms with van der Waals surface area (Å²) in [6.45, 7) is 4.36. The van der Waals surface area contributed by atoms with E-state index in [1.807, 2.05) is 6.92 Å². The summed E-state index contributed by atoms with van der Waals surface area (Å²) in [5.74, 6) is -0.163. The first-order valence-corrected chi connectivity index (χ1v) is 12.4. The predicted molar refractivity (Wildman–Crippen MR) is 118 cm³/mol. The standard InChI is InChI=1S/C21H25BrFN2O5P/c1-15-11-24(12-16-2-5-19(23)6-3-16)8-9-25(15)21(26)13-30-20-7-4-18(22)10-17(20)14-31(27,28)29/h2-7,10,15H,8-9,11-14H2,1H3,(H2,27,28,29)/t15-/m1/s1. The second-order valence-electron chi connectivity index (χ2n) is 7.66. The minimum atomic E-state index is -4.28. The monoisotopic (exact) mass is 514 g/mol. The third-order valence-electron chi connectivity index (χ3n) is 5.10. The highest BCUT2D eigenvalue weighted by Gasteiger charge is 2.28. The van der Waals surface area contributed by atoms with E-state index in [1.165, 1.54) is 12.1 Å². The summed E-state index contributed by atoms with van der Waals surface area (Å²) in [6, 6.07) is 11.3. The van der Waals surface area contributed by atoms with E-state index < -0.39 is 13.8 Å². The summed E-state index contributed by atoms with van der Waals surface area (Å²) in [7, 11) is -4.28. The van der Waals surface area contributed by atoms with Gasteiger partial charge in [0.15, 0.2) is 6.61 Å². The third-order valence-corrected chi connectivity index (χ3v) is 6.35. The number of ether oxygens (including phenoxy) is 1. The maximum absolute atomic E-state index is 13.1. The van der Waals surface area contributed by atoms with E-state index in [-0.39, 0.29) is 30.1 Å². The first-order chi connectivity index (χ1) is 14.6. The van der Waals surface area contributed by atoms with Crippen LogP contribution in [0.2, 0.25) is 0 Å². The number of benzene rings is 2. The molecule has 3 rings (SSSR count). The lowest BCUT2D eigenvalue weighted by atomic mass is 10.1. The van der Waals surface area contributed by atoms with Crippen LogP contribution in [-0.4, -0.2) is 57.8 Å². The van der Waals surface area contributed by atoms with Gasteiger partial charge >= 0.3 is 7.60 Å². The number of carbonyl (C=O) groups is 1. The fraction of sp³-hybridized carbons (Fsp3) is 0.381. The predicted octanol–water partition coefficient (Wildman–Crippen LogP) is 3.38. The molecule has 1 aliphatic heterocycles. The molecule has 1 fully saturated rings. The van der Waals surface area contributed by atoms with Crippen LogP contribution in [0.15, 0.2) is 46.9 Å². The van der Waals surface area contributed by atoms with Crippen molar-refractivity contribution in [2.24, 2.45) is 0 Å². The lowest BCUT2D eigenvalue weighted by molar-refractivity contribution is -0.138. The minimum absolute atomic E-state index is 0.0233. The number of amides is 1. The number of hydrogen-bond donors (Lipinski definition) is 2. The molecule has 1 amide bonds. The van der Waals surface area contributed by atoms with Crippen LogP contribution < -0.4 is 4.74 Å². The molecule has 168 valence electrons. The van der Waals surface area contributed by atoms with Crippen LogP contribution in [-0.2, 0) is 22.1 Å². The zero-order chi connectivity index (χ0) is 22.6. The van der Waals surface area contributed by atoms with Crippen molar-refractivity contribution in [1.82, 2.24) is 9.80 Å². The normalized spacial score (nSPS) is 17.6. The Morgan fingerprint density at radius 2 is 1.94 bits per heavy atom. The molecule has 1 saturated heterocycles. The first-order valence-electron chi connectivity index (χ1n) is 9.83. The fourth-order valence-electron chi connectivity index (χ4n) is 3.65. The molecular weight excluding hydrogens is 490 g/mol. The maximum atomic E-state index is 13.1. The Morgan fingerprint density at radius 1 is 1.23 bits per heavy atom. The highest BCUT2D eigenvalue weighted by atomic mass is 79.9. The van der Waals surface area contributed by atoms with Crippen molar-refractivity contribution >= 4 is 29.4 Å². The van der Waals surface area contributed by atoms with Crippen molar-refractivity contribution in [3.63, 3.8) is 0 Å². The highest BCUT2D eigenvalue weighted by Crippen LogP contribution is 2.42. The molecule has 31 heavy (non-hydrogen) atoms. The van der Waals surface area contributed by atoms with Crippen LogP contribution in [0.5, 0.6) is 5.75 Å². The van der Waals surface area contributed by atoms with Gasteiger partial charge in [0, 0.05) is 42.3 Å². The second kappa shape index (κ2) is 10.2. The molecule has 1 atom stereocenters. The van der Waals surface area contributed by atoms with Crippen LogP contribution in [0.25, 0.3) is 0 Å². The third kappa shape index (κ3) is 7.12. The Labute approximate surface area is 189 Å². The van der Waals surface area contributed by atoms with Crippen molar-refractivity contribution in [3.05, 3.63) is 63.9 Å². The molecule has 2 aromatic carbocycles. The second-order valence-corrected chi connectivity index (χ2v) is 10.2. The van der Waals surface area contributed by atoms with Crippen molar-refractivity contribution in [2.75, 3.05) is 26.2 Å². The van der Waals surface area contributed by atoms with E-state index >= 15 is 0 Å². The average Bonchev–Trinajstić information content (AvgIpc) is 2.68. The van der Waals surface area contributed by atoms with Gasteiger partial charge in [0.05, 0.1) is 6.16 Å². The van der Waals surface area contributed by atoms with Crippen LogP contribution >= 0.6 is 23.5 Å². The van der Waals surface area contributed by atoms with Gasteiger partial charge in [0.2, 0.25) is 0 Å². The number of carbonyl (C=O) groups excluding carboxylic acids is 1. The van der Waals surface area contributed by atoms with Crippen molar-refractivity contribution in [1.29, 1.82) is 0 Å². The Bertz CT molecular complexity index is 969. The van der Waals surface area contributed by atoms with Gasteiger partial charge in [-0.25, -0.2) is 4.39 Å². The van der Waals surface area contributed by atoms with Gasteiger partial charge in [0.25, 0.3) is 5.91 Å². The van der Waals surface area contributed by atoms with Crippen LogP contribution in [0.4, 0.5) is 4.39 Å². The molecule has 7 nitrogen and oxygen atoms in total. The van der Waals surface area contributed by atoms with E-state index in [9.17, 15) is 23.5 Å². The summed E-state index contributed by atoms with van der Waals surface area (Å²) in [6.07, 6.45) is -0.464. The van der Waals surface area contributed by atoms with Crippen molar-refractivity contribution < 1.29 is 28.3 Å². The zero-order valence-electron chi connectivity index (χ0n) is 17.1. The molecule has 0 radical (unpaired) electrons. The molecule has 0 aromatic heterocycles. The molecular formula is C21H25BrFN2O5P. The van der Waals surface area contributed by atoms with Crippen molar-refractivity contribution in [2.45, 2.75) is 25.7 Å². The highest BCUT2D eigenvalue weighted by molar-refractivity contribution is 9.10. The van der Waals surface area contributed by atoms with E-state index in [2.05, 4.69) is 20.8 Å². The number of hydrogen-bond acceptors (Lipinski definition) is 4. The fourth-order valence-corrected chi connectivity index (χ4v) is 4.75. The molecule has 2 N–H and O–H groups in total. The van der Waals surface area contributed by atoms with Gasteiger partial charge in [-0.15, -0.1) is 0 Å². The molecule has 0 saturated carbocycles. The van der Waals surface area contributed by atoms with Gasteiger partial charge in [-0.3, -0.25) is 14.3 Å². The Kier molecular flexibility index (Phi) is 7.88. The molecule has 0 aliphatic carbocycles. The van der Waals surface area contributed by atoms with Gasteiger partial charge in [-0.1, -0.05) is 28.1 Å². The summed E-state index contributed by atoms with van der Waals surface area (Å²) in [4.78, 5) is 35.3. The molecule has 2 aromatic rings. The Morgan fingerprint density at radius 3 is 2.58 bits per heavy atom. The molecule has 1 aliphatic rings. The van der Waals surface area contributed by atoms with Crippen LogP contribution in [0.3, 0.4) is 0 Å².